The first-order valence-electron chi connectivity index (χ1n) is 17.3. The van der Waals surface area contributed by atoms with Gasteiger partial charge in [0, 0.05) is 12.5 Å². The number of esters is 2. The van der Waals surface area contributed by atoms with Crippen molar-refractivity contribution < 1.29 is 33.3 Å². The van der Waals surface area contributed by atoms with Gasteiger partial charge in [-0.1, -0.05) is 96.8 Å². The van der Waals surface area contributed by atoms with Crippen molar-refractivity contribution in [2.75, 3.05) is 6.61 Å². The predicted molar refractivity (Wildman–Crippen MR) is 186 cm³/mol. The van der Waals surface area contributed by atoms with E-state index in [2.05, 4.69) is 20.4 Å². The number of carbonyl (C=O) groups is 2. The average molecular weight is 645 g/mol. The van der Waals surface area contributed by atoms with E-state index in [1.807, 2.05) is 36.4 Å². The Bertz CT molecular complexity index is 1300. The average Bonchev–Trinajstić information content (AvgIpc) is 3.09. The lowest BCUT2D eigenvalue weighted by Gasteiger charge is -2.19. The van der Waals surface area contributed by atoms with E-state index in [-0.39, 0.29) is 0 Å². The van der Waals surface area contributed by atoms with E-state index in [4.69, 9.17) is 23.7 Å². The summed E-state index contributed by atoms with van der Waals surface area (Å²) in [7, 11) is 0. The SMILES string of the molecule is C=CC(=O)OC(CCCCCCCCCC)Oc1ccc(C(=O)Oc2ccc(COc3ccc(OCCCCCC)cc3)cc2)cc1. The number of hydrogen-bond acceptors (Lipinski definition) is 7. The molecule has 0 saturated carbocycles. The molecule has 0 heterocycles. The van der Waals surface area contributed by atoms with Crippen LogP contribution >= 0.6 is 0 Å². The molecule has 0 fully saturated rings. The summed E-state index contributed by atoms with van der Waals surface area (Å²) in [5.41, 5.74) is 1.32. The summed E-state index contributed by atoms with van der Waals surface area (Å²) in [5.74, 6) is 1.51. The molecule has 47 heavy (non-hydrogen) atoms. The van der Waals surface area contributed by atoms with Gasteiger partial charge in [-0.3, -0.25) is 0 Å². The minimum absolute atomic E-state index is 0.376. The van der Waals surface area contributed by atoms with Gasteiger partial charge in [0.2, 0.25) is 6.29 Å². The summed E-state index contributed by atoms with van der Waals surface area (Å²) in [5, 5.41) is 0. The summed E-state index contributed by atoms with van der Waals surface area (Å²) < 4.78 is 28.6. The van der Waals surface area contributed by atoms with Crippen LogP contribution in [0.25, 0.3) is 0 Å². The van der Waals surface area contributed by atoms with Crippen molar-refractivity contribution in [3.63, 3.8) is 0 Å². The maximum Gasteiger partial charge on any atom is 0.343 e. The molecule has 254 valence electrons. The van der Waals surface area contributed by atoms with Gasteiger partial charge in [0.1, 0.15) is 29.6 Å². The molecular weight excluding hydrogens is 592 g/mol. The topological polar surface area (TPSA) is 80.3 Å². The summed E-state index contributed by atoms with van der Waals surface area (Å²) in [4.78, 5) is 24.6. The highest BCUT2D eigenvalue weighted by atomic mass is 16.7. The van der Waals surface area contributed by atoms with Crippen LogP contribution in [0.3, 0.4) is 0 Å². The van der Waals surface area contributed by atoms with Crippen LogP contribution in [0.4, 0.5) is 0 Å². The molecule has 7 heteroatoms. The first kappa shape index (κ1) is 37.2. The van der Waals surface area contributed by atoms with E-state index in [0.717, 1.165) is 55.4 Å². The zero-order valence-electron chi connectivity index (χ0n) is 28.3. The number of carbonyl (C=O) groups excluding carboxylic acids is 2. The Morgan fingerprint density at radius 1 is 0.638 bits per heavy atom. The Hall–Kier alpha value is -4.26. The highest BCUT2D eigenvalue weighted by molar-refractivity contribution is 5.91. The van der Waals surface area contributed by atoms with Gasteiger partial charge >= 0.3 is 11.9 Å². The lowest BCUT2D eigenvalue weighted by atomic mass is 10.1. The molecule has 0 spiro atoms. The van der Waals surface area contributed by atoms with E-state index in [0.29, 0.717) is 30.1 Å². The first-order valence-corrected chi connectivity index (χ1v) is 17.3. The normalized spacial score (nSPS) is 11.4. The molecule has 1 unspecified atom stereocenters. The van der Waals surface area contributed by atoms with Gasteiger partial charge in [-0.05, 0) is 79.1 Å². The first-order chi connectivity index (χ1) is 23.0. The van der Waals surface area contributed by atoms with Crippen molar-refractivity contribution >= 4 is 11.9 Å². The van der Waals surface area contributed by atoms with Crippen LogP contribution in [0.5, 0.6) is 23.0 Å². The molecule has 0 aromatic heterocycles. The summed E-state index contributed by atoms with van der Waals surface area (Å²) in [6.07, 6.45) is 15.1. The van der Waals surface area contributed by atoms with E-state index in [9.17, 15) is 9.59 Å². The monoisotopic (exact) mass is 644 g/mol. The van der Waals surface area contributed by atoms with E-state index < -0.39 is 18.2 Å². The quantitative estimate of drug-likeness (QED) is 0.0316. The zero-order valence-corrected chi connectivity index (χ0v) is 28.3. The van der Waals surface area contributed by atoms with Gasteiger partial charge in [-0.2, -0.15) is 0 Å². The van der Waals surface area contributed by atoms with Crippen LogP contribution in [0.1, 0.15) is 113 Å². The van der Waals surface area contributed by atoms with Gasteiger partial charge in [-0.25, -0.2) is 9.59 Å². The summed E-state index contributed by atoms with van der Waals surface area (Å²) in [6.45, 7) is 9.01. The number of ether oxygens (including phenoxy) is 5. The van der Waals surface area contributed by atoms with Gasteiger partial charge in [0.15, 0.2) is 0 Å². The molecular formula is C40H52O7. The van der Waals surface area contributed by atoms with E-state index >= 15 is 0 Å². The van der Waals surface area contributed by atoms with E-state index in [1.165, 1.54) is 51.4 Å². The molecule has 0 radical (unpaired) electrons. The highest BCUT2D eigenvalue weighted by Crippen LogP contribution is 2.22. The molecule has 7 nitrogen and oxygen atoms in total. The molecule has 3 rings (SSSR count). The second-order valence-corrected chi connectivity index (χ2v) is 11.7. The van der Waals surface area contributed by atoms with Crippen molar-refractivity contribution in [3.8, 4) is 23.0 Å². The van der Waals surface area contributed by atoms with E-state index in [1.54, 1.807) is 36.4 Å². The van der Waals surface area contributed by atoms with Gasteiger partial charge in [-0.15, -0.1) is 0 Å². The summed E-state index contributed by atoms with van der Waals surface area (Å²) >= 11 is 0. The predicted octanol–water partition coefficient (Wildman–Crippen LogP) is 10.4. The van der Waals surface area contributed by atoms with Crippen LogP contribution in [-0.2, 0) is 16.1 Å². The maximum atomic E-state index is 12.8. The standard InChI is InChI=1S/C40H52O7/c1-4-7-9-11-12-13-14-15-17-39(47-38(41)6-3)45-36-24-20-33(21-25-36)40(42)46-37-22-18-32(19-23-37)31-44-35-28-26-34(27-29-35)43-30-16-10-8-5-2/h6,18-29,39H,3-5,7-17,30-31H2,1-2H3. The Balaban J connectivity index is 1.41. The Labute approximate surface area is 281 Å². The highest BCUT2D eigenvalue weighted by Gasteiger charge is 2.16. The number of benzene rings is 3. The molecule has 0 bridgehead atoms. The fourth-order valence-corrected chi connectivity index (χ4v) is 4.92. The molecule has 0 saturated heterocycles. The lowest BCUT2D eigenvalue weighted by molar-refractivity contribution is -0.158. The second kappa shape index (κ2) is 22.3. The second-order valence-electron chi connectivity index (χ2n) is 11.7. The largest absolute Gasteiger partial charge is 0.494 e. The smallest absolute Gasteiger partial charge is 0.343 e. The number of hydrogen-bond donors (Lipinski definition) is 0. The third-order valence-corrected chi connectivity index (χ3v) is 7.69. The molecule has 0 aliphatic heterocycles. The lowest BCUT2D eigenvalue weighted by Crippen LogP contribution is -2.23. The van der Waals surface area contributed by atoms with Gasteiger partial charge in [0.25, 0.3) is 0 Å². The van der Waals surface area contributed by atoms with Gasteiger partial charge in [0.05, 0.1) is 12.2 Å². The van der Waals surface area contributed by atoms with Crippen molar-refractivity contribution in [2.45, 2.75) is 110 Å². The maximum absolute atomic E-state index is 12.8. The Morgan fingerprint density at radius 2 is 1.17 bits per heavy atom. The third-order valence-electron chi connectivity index (χ3n) is 7.69. The molecule has 0 amide bonds. The van der Waals surface area contributed by atoms with Crippen LogP contribution in [0, 0.1) is 0 Å². The van der Waals surface area contributed by atoms with Crippen LogP contribution in [0.15, 0.2) is 85.5 Å². The van der Waals surface area contributed by atoms with Crippen molar-refractivity contribution in [2.24, 2.45) is 0 Å². The molecule has 1 atom stereocenters. The number of unbranched alkanes of at least 4 members (excludes halogenated alkanes) is 10. The molecule has 0 N–H and O–H groups in total. The molecule has 3 aromatic carbocycles. The Morgan fingerprint density at radius 3 is 1.79 bits per heavy atom. The fourth-order valence-electron chi connectivity index (χ4n) is 4.92. The van der Waals surface area contributed by atoms with Gasteiger partial charge < -0.3 is 23.7 Å². The molecule has 3 aromatic rings. The Kier molecular flexibility index (Phi) is 17.6. The zero-order chi connectivity index (χ0) is 33.5. The van der Waals surface area contributed by atoms with Crippen LogP contribution in [0.2, 0.25) is 0 Å². The third kappa shape index (κ3) is 15.3. The molecule has 0 aliphatic rings. The van der Waals surface area contributed by atoms with Crippen LogP contribution in [-0.4, -0.2) is 24.8 Å². The summed E-state index contributed by atoms with van der Waals surface area (Å²) in [6, 6.07) is 21.5. The number of rotatable bonds is 24. The molecule has 0 aliphatic carbocycles. The van der Waals surface area contributed by atoms with Crippen molar-refractivity contribution in [3.05, 3.63) is 96.6 Å². The van der Waals surface area contributed by atoms with Crippen LogP contribution < -0.4 is 18.9 Å². The minimum Gasteiger partial charge on any atom is -0.494 e. The fraction of sp³-hybridized carbons (Fsp3) is 0.450. The van der Waals surface area contributed by atoms with Crippen molar-refractivity contribution in [1.29, 1.82) is 0 Å². The van der Waals surface area contributed by atoms with Crippen molar-refractivity contribution in [1.82, 2.24) is 0 Å². The minimum atomic E-state index is -0.723.